The van der Waals surface area contributed by atoms with Crippen molar-refractivity contribution in [3.63, 3.8) is 0 Å². The first-order chi connectivity index (χ1) is 14.9. The van der Waals surface area contributed by atoms with E-state index >= 15 is 0 Å². The minimum atomic E-state index is -0.503. The molecule has 0 unspecified atom stereocenters. The monoisotopic (exact) mass is 430 g/mol. The Bertz CT molecular complexity index is 1170. The predicted molar refractivity (Wildman–Crippen MR) is 125 cm³/mol. The lowest BCUT2D eigenvalue weighted by Crippen LogP contribution is -2.14. The van der Waals surface area contributed by atoms with Gasteiger partial charge in [0, 0.05) is 16.3 Å². The molecule has 0 spiro atoms. The average Bonchev–Trinajstić information content (AvgIpc) is 2.73. The molecule has 0 bridgehead atoms. The number of anilines is 1. The molecule has 3 aromatic carbocycles. The molecule has 3 rings (SSSR count). The van der Waals surface area contributed by atoms with Crippen molar-refractivity contribution in [1.82, 2.24) is 0 Å². The van der Waals surface area contributed by atoms with E-state index in [4.69, 9.17) is 16.3 Å². The van der Waals surface area contributed by atoms with E-state index < -0.39 is 5.91 Å². The maximum atomic E-state index is 12.7. The van der Waals surface area contributed by atoms with Crippen LogP contribution in [0, 0.1) is 32.1 Å². The summed E-state index contributed by atoms with van der Waals surface area (Å²) in [6, 6.07) is 20.8. The fourth-order valence-corrected chi connectivity index (χ4v) is 3.46. The van der Waals surface area contributed by atoms with E-state index in [2.05, 4.69) is 23.5 Å². The van der Waals surface area contributed by atoms with Crippen LogP contribution in [-0.2, 0) is 11.4 Å². The van der Waals surface area contributed by atoms with Crippen LogP contribution in [0.5, 0.6) is 5.75 Å². The summed E-state index contributed by atoms with van der Waals surface area (Å²) in [4.78, 5) is 12.7. The number of nitrogens with zero attached hydrogens (tertiary/aromatic N) is 1. The van der Waals surface area contributed by atoms with Gasteiger partial charge in [0.15, 0.2) is 0 Å². The largest absolute Gasteiger partial charge is 0.488 e. The quantitative estimate of drug-likeness (QED) is 0.364. The van der Waals surface area contributed by atoms with Crippen molar-refractivity contribution in [1.29, 1.82) is 5.26 Å². The Morgan fingerprint density at radius 1 is 1.06 bits per heavy atom. The molecule has 0 fully saturated rings. The van der Waals surface area contributed by atoms with Crippen molar-refractivity contribution in [2.24, 2.45) is 0 Å². The lowest BCUT2D eigenvalue weighted by molar-refractivity contribution is -0.112. The topological polar surface area (TPSA) is 62.1 Å². The van der Waals surface area contributed by atoms with Crippen molar-refractivity contribution < 1.29 is 9.53 Å². The van der Waals surface area contributed by atoms with Gasteiger partial charge in [0.05, 0.1) is 0 Å². The van der Waals surface area contributed by atoms with Gasteiger partial charge in [-0.25, -0.2) is 0 Å². The number of ether oxygens (including phenoxy) is 1. The van der Waals surface area contributed by atoms with Crippen molar-refractivity contribution in [3.8, 4) is 11.8 Å². The highest BCUT2D eigenvalue weighted by Crippen LogP contribution is 2.25. The molecule has 3 aromatic rings. The molecule has 0 radical (unpaired) electrons. The molecule has 1 amide bonds. The van der Waals surface area contributed by atoms with Gasteiger partial charge >= 0.3 is 0 Å². The summed E-state index contributed by atoms with van der Waals surface area (Å²) in [7, 11) is 0. The van der Waals surface area contributed by atoms with Crippen LogP contribution in [0.2, 0.25) is 5.02 Å². The molecule has 0 aliphatic heterocycles. The second-order valence-electron chi connectivity index (χ2n) is 7.36. The van der Waals surface area contributed by atoms with Crippen molar-refractivity contribution in [3.05, 3.63) is 99.1 Å². The Morgan fingerprint density at radius 2 is 1.77 bits per heavy atom. The van der Waals surface area contributed by atoms with Crippen LogP contribution in [-0.4, -0.2) is 5.91 Å². The minimum Gasteiger partial charge on any atom is -0.488 e. The maximum absolute atomic E-state index is 12.7. The van der Waals surface area contributed by atoms with Crippen LogP contribution in [0.3, 0.4) is 0 Å². The number of benzene rings is 3. The zero-order valence-electron chi connectivity index (χ0n) is 17.7. The first-order valence-corrected chi connectivity index (χ1v) is 10.2. The molecular formula is C26H23ClN2O2. The number of hydrogen-bond acceptors (Lipinski definition) is 3. The van der Waals surface area contributed by atoms with E-state index in [0.29, 0.717) is 28.6 Å². The molecule has 0 saturated heterocycles. The van der Waals surface area contributed by atoms with Gasteiger partial charge < -0.3 is 10.1 Å². The maximum Gasteiger partial charge on any atom is 0.266 e. The van der Waals surface area contributed by atoms with E-state index in [1.165, 1.54) is 17.2 Å². The number of aryl methyl sites for hydroxylation is 2. The molecular weight excluding hydrogens is 408 g/mol. The van der Waals surface area contributed by atoms with Gasteiger partial charge in [-0.1, -0.05) is 65.2 Å². The highest BCUT2D eigenvalue weighted by molar-refractivity contribution is 6.31. The normalized spacial score (nSPS) is 11.0. The molecule has 0 saturated carbocycles. The number of carbonyl (C=O) groups is 1. The second-order valence-corrected chi connectivity index (χ2v) is 7.77. The molecule has 0 heterocycles. The molecule has 31 heavy (non-hydrogen) atoms. The van der Waals surface area contributed by atoms with Crippen molar-refractivity contribution >= 4 is 29.3 Å². The molecule has 4 nitrogen and oxygen atoms in total. The number of rotatable bonds is 6. The van der Waals surface area contributed by atoms with Gasteiger partial charge in [-0.3, -0.25) is 4.79 Å². The lowest BCUT2D eigenvalue weighted by Gasteiger charge is -2.12. The van der Waals surface area contributed by atoms with Gasteiger partial charge in [0.2, 0.25) is 0 Å². The third-order valence-corrected chi connectivity index (χ3v) is 5.19. The van der Waals surface area contributed by atoms with Crippen LogP contribution >= 0.6 is 11.6 Å². The third-order valence-electron chi connectivity index (χ3n) is 4.78. The lowest BCUT2D eigenvalue weighted by atomic mass is 10.1. The number of halogens is 1. The van der Waals surface area contributed by atoms with E-state index in [-0.39, 0.29) is 5.57 Å². The molecule has 156 valence electrons. The van der Waals surface area contributed by atoms with E-state index in [1.54, 1.807) is 18.2 Å². The van der Waals surface area contributed by atoms with Gasteiger partial charge in [-0.05, 0) is 56.2 Å². The van der Waals surface area contributed by atoms with Crippen molar-refractivity contribution in [2.75, 3.05) is 5.32 Å². The van der Waals surface area contributed by atoms with Crippen LogP contribution in [0.4, 0.5) is 5.69 Å². The Morgan fingerprint density at radius 3 is 2.48 bits per heavy atom. The summed E-state index contributed by atoms with van der Waals surface area (Å²) in [6.45, 7) is 6.30. The van der Waals surface area contributed by atoms with Gasteiger partial charge in [0.25, 0.3) is 5.91 Å². The first-order valence-electron chi connectivity index (χ1n) is 9.84. The Balaban J connectivity index is 1.82. The first kappa shape index (κ1) is 22.1. The molecule has 0 aliphatic rings. The van der Waals surface area contributed by atoms with Crippen LogP contribution in [0.15, 0.2) is 66.2 Å². The highest BCUT2D eigenvalue weighted by atomic mass is 35.5. The van der Waals surface area contributed by atoms with Crippen LogP contribution < -0.4 is 10.1 Å². The summed E-state index contributed by atoms with van der Waals surface area (Å²) in [5, 5.41) is 12.9. The number of hydrogen-bond donors (Lipinski definition) is 1. The minimum absolute atomic E-state index is 0.0261. The van der Waals surface area contributed by atoms with Crippen molar-refractivity contribution in [2.45, 2.75) is 27.4 Å². The molecule has 0 aromatic heterocycles. The molecule has 0 atom stereocenters. The smallest absolute Gasteiger partial charge is 0.266 e. The van der Waals surface area contributed by atoms with Crippen LogP contribution in [0.1, 0.15) is 27.8 Å². The number of nitrogens with one attached hydrogen (secondary N) is 1. The Hall–Kier alpha value is -3.55. The van der Waals surface area contributed by atoms with E-state index in [0.717, 1.165) is 11.1 Å². The SMILES string of the molecule is Cc1cc(C)cc(COc2ccccc2/C=C(\C#N)C(=O)Nc2cccc(Cl)c2C)c1. The Kier molecular flexibility index (Phi) is 7.12. The number of carbonyl (C=O) groups excluding carboxylic acids is 1. The molecule has 5 heteroatoms. The summed E-state index contributed by atoms with van der Waals surface area (Å²) in [6.07, 6.45) is 1.53. The fourth-order valence-electron chi connectivity index (χ4n) is 3.28. The van der Waals surface area contributed by atoms with E-state index in [1.807, 2.05) is 51.1 Å². The summed E-state index contributed by atoms with van der Waals surface area (Å²) >= 11 is 6.12. The number of amides is 1. The van der Waals surface area contributed by atoms with Gasteiger partial charge in [0.1, 0.15) is 24.0 Å². The third kappa shape index (κ3) is 5.75. The zero-order chi connectivity index (χ0) is 22.4. The zero-order valence-corrected chi connectivity index (χ0v) is 18.5. The predicted octanol–water partition coefficient (Wildman–Crippen LogP) is 6.39. The molecule has 1 N–H and O–H groups in total. The standard InChI is InChI=1S/C26H23ClN2O2/c1-17-11-18(2)13-20(12-17)16-31-25-10-5-4-7-21(25)14-22(15-28)26(30)29-24-9-6-8-23(27)19(24)3/h4-14H,16H2,1-3H3,(H,29,30)/b22-14+. The summed E-state index contributed by atoms with van der Waals surface area (Å²) < 4.78 is 6.01. The Labute approximate surface area is 187 Å². The number of para-hydroxylation sites is 1. The fraction of sp³-hybridized carbons (Fsp3) is 0.154. The second kappa shape index (κ2) is 9.97. The highest BCUT2D eigenvalue weighted by Gasteiger charge is 2.13. The number of nitriles is 1. The van der Waals surface area contributed by atoms with Gasteiger partial charge in [-0.2, -0.15) is 5.26 Å². The molecule has 0 aliphatic carbocycles. The van der Waals surface area contributed by atoms with Crippen LogP contribution in [0.25, 0.3) is 6.08 Å². The summed E-state index contributed by atoms with van der Waals surface area (Å²) in [5.74, 6) is 0.0955. The van der Waals surface area contributed by atoms with E-state index in [9.17, 15) is 10.1 Å². The summed E-state index contributed by atoms with van der Waals surface area (Å²) in [5.41, 5.74) is 5.34. The van der Waals surface area contributed by atoms with Gasteiger partial charge in [-0.15, -0.1) is 0 Å². The average molecular weight is 431 g/mol.